The number of nitrogens with zero attached hydrogens (tertiary/aromatic N) is 2. The lowest BCUT2D eigenvalue weighted by molar-refractivity contribution is 0.0950. The Labute approximate surface area is 91.5 Å². The van der Waals surface area contributed by atoms with Crippen molar-refractivity contribution in [3.8, 4) is 0 Å². The van der Waals surface area contributed by atoms with Gasteiger partial charge in [0.1, 0.15) is 10.7 Å². The van der Waals surface area contributed by atoms with E-state index in [1.54, 1.807) is 6.07 Å². The molecule has 14 heavy (non-hydrogen) atoms. The molecule has 4 nitrogen and oxygen atoms in total. The Kier molecular flexibility index (Phi) is 4.16. The average molecular weight is 232 g/mol. The standard InChI is InChI=1S/C8H10ClN3OS/c1-3-10-7(13)5-4-6(14-2)12-8(9)11-5/h4H,3H2,1-2H3,(H,10,13). The van der Waals surface area contributed by atoms with Crippen LogP contribution in [0.1, 0.15) is 17.4 Å². The fraction of sp³-hybridized carbons (Fsp3) is 0.375. The maximum absolute atomic E-state index is 11.4. The van der Waals surface area contributed by atoms with E-state index in [9.17, 15) is 4.79 Å². The molecule has 0 aromatic carbocycles. The molecule has 1 heterocycles. The summed E-state index contributed by atoms with van der Waals surface area (Å²) in [5, 5.41) is 3.43. The van der Waals surface area contributed by atoms with Crippen LogP contribution in [0.25, 0.3) is 0 Å². The van der Waals surface area contributed by atoms with Gasteiger partial charge in [0.2, 0.25) is 5.28 Å². The van der Waals surface area contributed by atoms with Crippen LogP contribution in [0.2, 0.25) is 5.28 Å². The van der Waals surface area contributed by atoms with Crippen molar-refractivity contribution in [2.45, 2.75) is 11.9 Å². The largest absolute Gasteiger partial charge is 0.351 e. The number of hydrogen-bond acceptors (Lipinski definition) is 4. The van der Waals surface area contributed by atoms with Crippen LogP contribution in [0.15, 0.2) is 11.1 Å². The molecule has 0 atom stereocenters. The van der Waals surface area contributed by atoms with Gasteiger partial charge in [-0.2, -0.15) is 0 Å². The molecular weight excluding hydrogens is 222 g/mol. The zero-order chi connectivity index (χ0) is 10.6. The highest BCUT2D eigenvalue weighted by Gasteiger charge is 2.09. The van der Waals surface area contributed by atoms with Crippen LogP contribution in [0.5, 0.6) is 0 Å². The lowest BCUT2D eigenvalue weighted by atomic mass is 10.4. The molecule has 0 saturated heterocycles. The van der Waals surface area contributed by atoms with Gasteiger partial charge in [-0.05, 0) is 24.8 Å². The lowest BCUT2D eigenvalue weighted by Gasteiger charge is -2.02. The van der Waals surface area contributed by atoms with E-state index in [1.807, 2.05) is 13.2 Å². The molecule has 1 rings (SSSR count). The highest BCUT2D eigenvalue weighted by atomic mass is 35.5. The van der Waals surface area contributed by atoms with Gasteiger partial charge in [-0.25, -0.2) is 9.97 Å². The van der Waals surface area contributed by atoms with E-state index in [1.165, 1.54) is 11.8 Å². The first-order valence-electron chi connectivity index (χ1n) is 4.04. The van der Waals surface area contributed by atoms with Gasteiger partial charge < -0.3 is 5.32 Å². The summed E-state index contributed by atoms with van der Waals surface area (Å²) in [5.74, 6) is -0.230. The second-order valence-electron chi connectivity index (χ2n) is 2.42. The number of aromatic nitrogens is 2. The Balaban J connectivity index is 2.96. The number of hydrogen-bond donors (Lipinski definition) is 1. The topological polar surface area (TPSA) is 54.9 Å². The third-order valence-corrected chi connectivity index (χ3v) is 2.25. The molecule has 0 aliphatic rings. The summed E-state index contributed by atoms with van der Waals surface area (Å²) >= 11 is 7.07. The number of rotatable bonds is 3. The van der Waals surface area contributed by atoms with Crippen LogP contribution < -0.4 is 5.32 Å². The lowest BCUT2D eigenvalue weighted by Crippen LogP contribution is -2.24. The van der Waals surface area contributed by atoms with Crippen molar-refractivity contribution in [3.05, 3.63) is 17.0 Å². The molecule has 1 aromatic heterocycles. The summed E-state index contributed by atoms with van der Waals surface area (Å²) in [6.07, 6.45) is 1.86. The van der Waals surface area contributed by atoms with Crippen LogP contribution >= 0.6 is 23.4 Å². The molecule has 0 spiro atoms. The number of nitrogens with one attached hydrogen (secondary N) is 1. The van der Waals surface area contributed by atoms with Gasteiger partial charge in [-0.1, -0.05) is 0 Å². The van der Waals surface area contributed by atoms with Crippen molar-refractivity contribution < 1.29 is 4.79 Å². The quantitative estimate of drug-likeness (QED) is 0.488. The Morgan fingerprint density at radius 2 is 2.36 bits per heavy atom. The number of halogens is 1. The normalized spacial score (nSPS) is 9.93. The number of carbonyl (C=O) groups excluding carboxylic acids is 1. The molecule has 0 bridgehead atoms. The minimum Gasteiger partial charge on any atom is -0.351 e. The summed E-state index contributed by atoms with van der Waals surface area (Å²) < 4.78 is 0. The van der Waals surface area contributed by atoms with E-state index < -0.39 is 0 Å². The van der Waals surface area contributed by atoms with Crippen molar-refractivity contribution in [2.75, 3.05) is 12.8 Å². The average Bonchev–Trinajstić information content (AvgIpc) is 2.17. The summed E-state index contributed by atoms with van der Waals surface area (Å²) in [6.45, 7) is 2.41. The van der Waals surface area contributed by atoms with E-state index in [-0.39, 0.29) is 11.2 Å². The Morgan fingerprint density at radius 1 is 1.64 bits per heavy atom. The second kappa shape index (κ2) is 5.17. The maximum atomic E-state index is 11.4. The van der Waals surface area contributed by atoms with E-state index >= 15 is 0 Å². The predicted octanol–water partition coefficient (Wildman–Crippen LogP) is 1.60. The fourth-order valence-corrected chi connectivity index (χ4v) is 1.51. The molecule has 0 aliphatic carbocycles. The number of thioether (sulfide) groups is 1. The van der Waals surface area contributed by atoms with Crippen molar-refractivity contribution in [1.82, 2.24) is 15.3 Å². The van der Waals surface area contributed by atoms with Crippen molar-refractivity contribution >= 4 is 29.3 Å². The Hall–Kier alpha value is -0.810. The van der Waals surface area contributed by atoms with Crippen molar-refractivity contribution in [2.24, 2.45) is 0 Å². The molecule has 1 amide bonds. The third kappa shape index (κ3) is 2.85. The second-order valence-corrected chi connectivity index (χ2v) is 3.59. The first-order chi connectivity index (χ1) is 6.67. The van der Waals surface area contributed by atoms with E-state index in [0.29, 0.717) is 17.3 Å². The molecule has 0 saturated carbocycles. The Bertz CT molecular complexity index is 345. The summed E-state index contributed by atoms with van der Waals surface area (Å²) in [7, 11) is 0. The molecule has 0 radical (unpaired) electrons. The summed E-state index contributed by atoms with van der Waals surface area (Å²) in [5.41, 5.74) is 0.302. The van der Waals surface area contributed by atoms with E-state index in [0.717, 1.165) is 0 Å². The molecule has 0 aliphatic heterocycles. The molecule has 1 N–H and O–H groups in total. The number of amides is 1. The zero-order valence-electron chi connectivity index (χ0n) is 7.87. The van der Waals surface area contributed by atoms with Gasteiger partial charge in [-0.15, -0.1) is 11.8 Å². The SMILES string of the molecule is CCNC(=O)c1cc(SC)nc(Cl)n1. The van der Waals surface area contributed by atoms with E-state index in [4.69, 9.17) is 11.6 Å². The fourth-order valence-electron chi connectivity index (χ4n) is 0.869. The van der Waals surface area contributed by atoms with Gasteiger partial charge >= 0.3 is 0 Å². The highest BCUT2D eigenvalue weighted by molar-refractivity contribution is 7.98. The van der Waals surface area contributed by atoms with Gasteiger partial charge in [-0.3, -0.25) is 4.79 Å². The molecule has 76 valence electrons. The predicted molar refractivity (Wildman–Crippen MR) is 56.8 cm³/mol. The van der Waals surface area contributed by atoms with Gasteiger partial charge in [0.15, 0.2) is 0 Å². The van der Waals surface area contributed by atoms with Crippen LogP contribution in [0, 0.1) is 0 Å². The minimum atomic E-state index is -0.230. The monoisotopic (exact) mass is 231 g/mol. The minimum absolute atomic E-state index is 0.0955. The first kappa shape index (κ1) is 11.3. The van der Waals surface area contributed by atoms with Crippen LogP contribution in [0.3, 0.4) is 0 Å². The maximum Gasteiger partial charge on any atom is 0.270 e. The Morgan fingerprint density at radius 3 is 2.93 bits per heavy atom. The summed E-state index contributed by atoms with van der Waals surface area (Å²) in [4.78, 5) is 19.2. The van der Waals surface area contributed by atoms with Crippen LogP contribution in [-0.2, 0) is 0 Å². The van der Waals surface area contributed by atoms with Gasteiger partial charge in [0.25, 0.3) is 5.91 Å². The molecular formula is C8H10ClN3OS. The smallest absolute Gasteiger partial charge is 0.270 e. The highest BCUT2D eigenvalue weighted by Crippen LogP contribution is 2.14. The van der Waals surface area contributed by atoms with E-state index in [2.05, 4.69) is 15.3 Å². The van der Waals surface area contributed by atoms with Crippen LogP contribution in [0.4, 0.5) is 0 Å². The molecule has 6 heteroatoms. The molecule has 0 fully saturated rings. The molecule has 1 aromatic rings. The summed E-state index contributed by atoms with van der Waals surface area (Å²) in [6, 6.07) is 1.61. The first-order valence-corrected chi connectivity index (χ1v) is 5.64. The third-order valence-electron chi connectivity index (χ3n) is 1.45. The molecule has 0 unspecified atom stereocenters. The van der Waals surface area contributed by atoms with Gasteiger partial charge in [0, 0.05) is 12.6 Å². The zero-order valence-corrected chi connectivity index (χ0v) is 9.45. The van der Waals surface area contributed by atoms with Gasteiger partial charge in [0.05, 0.1) is 0 Å². The van der Waals surface area contributed by atoms with Crippen LogP contribution in [-0.4, -0.2) is 28.7 Å². The van der Waals surface area contributed by atoms with Crippen molar-refractivity contribution in [3.63, 3.8) is 0 Å². The van der Waals surface area contributed by atoms with Crippen molar-refractivity contribution in [1.29, 1.82) is 0 Å². The number of carbonyl (C=O) groups is 1.